The average molecular weight is 364 g/mol. The van der Waals surface area contributed by atoms with Gasteiger partial charge in [-0.25, -0.2) is 4.79 Å². The van der Waals surface area contributed by atoms with Crippen molar-refractivity contribution in [3.63, 3.8) is 0 Å². The zero-order valence-electron chi connectivity index (χ0n) is 13.4. The lowest BCUT2D eigenvalue weighted by Crippen LogP contribution is -2.22. The van der Waals surface area contributed by atoms with E-state index in [9.17, 15) is 9.59 Å². The Morgan fingerprint density at radius 1 is 1.21 bits per heavy atom. The van der Waals surface area contributed by atoms with E-state index < -0.39 is 5.97 Å². The molecule has 1 atom stereocenters. The van der Waals surface area contributed by atoms with E-state index in [-0.39, 0.29) is 28.4 Å². The number of halogens is 1. The Morgan fingerprint density at radius 2 is 1.92 bits per heavy atom. The fourth-order valence-corrected chi connectivity index (χ4v) is 3.11. The van der Waals surface area contributed by atoms with E-state index in [4.69, 9.17) is 16.3 Å². The van der Waals surface area contributed by atoms with E-state index >= 15 is 0 Å². The molecule has 0 saturated carbocycles. The van der Waals surface area contributed by atoms with Crippen LogP contribution in [0.1, 0.15) is 24.2 Å². The third-order valence-electron chi connectivity index (χ3n) is 3.16. The van der Waals surface area contributed by atoms with E-state index in [1.165, 1.54) is 11.8 Å². The zero-order valence-corrected chi connectivity index (χ0v) is 15.0. The molecule has 2 aromatic rings. The summed E-state index contributed by atoms with van der Waals surface area (Å²) in [6, 6.07) is 14.4. The molecule has 0 spiro atoms. The topological polar surface area (TPSA) is 55.4 Å². The minimum Gasteiger partial charge on any atom is -0.462 e. The summed E-state index contributed by atoms with van der Waals surface area (Å²) >= 11 is 7.57. The van der Waals surface area contributed by atoms with Crippen molar-refractivity contribution < 1.29 is 14.3 Å². The molecule has 1 amide bonds. The van der Waals surface area contributed by atoms with Gasteiger partial charge < -0.3 is 10.1 Å². The summed E-state index contributed by atoms with van der Waals surface area (Å²) in [5.41, 5.74) is 0.821. The lowest BCUT2D eigenvalue weighted by Gasteiger charge is -2.13. The average Bonchev–Trinajstić information content (AvgIpc) is 2.56. The van der Waals surface area contributed by atoms with Crippen LogP contribution in [0.15, 0.2) is 53.4 Å². The normalized spacial score (nSPS) is 11.6. The summed E-state index contributed by atoms with van der Waals surface area (Å²) in [5, 5.41) is 2.78. The first-order valence-corrected chi connectivity index (χ1v) is 8.76. The number of amides is 1. The standard InChI is InChI=1S/C18H18ClNO3S/c1-3-23-18(22)15-10-9-13(11-16(15)19)20-17(21)12(2)24-14-7-5-4-6-8-14/h4-12H,3H2,1-2H3,(H,20,21)/t12-/m0/s1. The van der Waals surface area contributed by atoms with Crippen LogP contribution in [0.2, 0.25) is 5.02 Å². The van der Waals surface area contributed by atoms with Gasteiger partial charge in [0.2, 0.25) is 5.91 Å². The minimum absolute atomic E-state index is 0.135. The van der Waals surface area contributed by atoms with Crippen LogP contribution >= 0.6 is 23.4 Å². The Morgan fingerprint density at radius 3 is 2.54 bits per heavy atom. The smallest absolute Gasteiger partial charge is 0.339 e. The second-order valence-corrected chi connectivity index (χ2v) is 6.80. The molecular weight excluding hydrogens is 346 g/mol. The van der Waals surface area contributed by atoms with Crippen LogP contribution in [0.5, 0.6) is 0 Å². The number of benzene rings is 2. The van der Waals surface area contributed by atoms with Crippen LogP contribution < -0.4 is 5.32 Å². The molecular formula is C18H18ClNO3S. The number of esters is 1. The van der Waals surface area contributed by atoms with Gasteiger partial charge in [-0.1, -0.05) is 29.8 Å². The molecule has 0 heterocycles. The predicted molar refractivity (Wildman–Crippen MR) is 97.8 cm³/mol. The number of carbonyl (C=O) groups is 2. The number of carbonyl (C=O) groups excluding carboxylic acids is 2. The van der Waals surface area contributed by atoms with Gasteiger partial charge in [-0.3, -0.25) is 4.79 Å². The number of anilines is 1. The SMILES string of the molecule is CCOC(=O)c1ccc(NC(=O)[C@H](C)Sc2ccccc2)cc1Cl. The van der Waals surface area contributed by atoms with Crippen molar-refractivity contribution in [3.8, 4) is 0 Å². The summed E-state index contributed by atoms with van der Waals surface area (Å²) in [5.74, 6) is -0.614. The van der Waals surface area contributed by atoms with Crippen LogP contribution in [-0.4, -0.2) is 23.7 Å². The first-order chi connectivity index (χ1) is 11.5. The van der Waals surface area contributed by atoms with E-state index in [0.29, 0.717) is 5.69 Å². The molecule has 0 fully saturated rings. The van der Waals surface area contributed by atoms with Gasteiger partial charge in [0, 0.05) is 10.6 Å². The molecule has 24 heavy (non-hydrogen) atoms. The fraction of sp³-hybridized carbons (Fsp3) is 0.222. The van der Waals surface area contributed by atoms with Gasteiger partial charge >= 0.3 is 5.97 Å². The van der Waals surface area contributed by atoms with Gasteiger partial charge in [0.1, 0.15) is 0 Å². The molecule has 0 saturated heterocycles. The minimum atomic E-state index is -0.478. The first kappa shape index (κ1) is 18.4. The molecule has 0 aliphatic heterocycles. The highest BCUT2D eigenvalue weighted by atomic mass is 35.5. The van der Waals surface area contributed by atoms with Crippen molar-refractivity contribution in [3.05, 3.63) is 59.1 Å². The summed E-state index contributed by atoms with van der Waals surface area (Å²) in [4.78, 5) is 25.0. The molecule has 6 heteroatoms. The van der Waals surface area contributed by atoms with E-state index in [0.717, 1.165) is 4.90 Å². The van der Waals surface area contributed by atoms with Gasteiger partial charge in [-0.2, -0.15) is 0 Å². The van der Waals surface area contributed by atoms with Gasteiger partial charge in [0.05, 0.1) is 22.4 Å². The monoisotopic (exact) mass is 363 g/mol. The lowest BCUT2D eigenvalue weighted by molar-refractivity contribution is -0.115. The molecule has 2 aromatic carbocycles. The summed E-state index contributed by atoms with van der Waals surface area (Å²) in [7, 11) is 0. The third kappa shape index (κ3) is 5.01. The van der Waals surface area contributed by atoms with Crippen molar-refractivity contribution in [2.75, 3.05) is 11.9 Å². The highest BCUT2D eigenvalue weighted by Gasteiger charge is 2.16. The maximum absolute atomic E-state index is 12.3. The number of nitrogens with one attached hydrogen (secondary N) is 1. The molecule has 126 valence electrons. The highest BCUT2D eigenvalue weighted by Crippen LogP contribution is 2.25. The second-order valence-electron chi connectivity index (χ2n) is 4.98. The van der Waals surface area contributed by atoms with Crippen molar-refractivity contribution >= 4 is 40.9 Å². The predicted octanol–water partition coefficient (Wildman–Crippen LogP) is 4.64. The molecule has 1 N–H and O–H groups in total. The highest BCUT2D eigenvalue weighted by molar-refractivity contribution is 8.00. The van der Waals surface area contributed by atoms with E-state index in [2.05, 4.69) is 5.32 Å². The summed E-state index contributed by atoms with van der Waals surface area (Å²) < 4.78 is 4.92. The number of hydrogen-bond acceptors (Lipinski definition) is 4. The second kappa shape index (κ2) is 8.76. The molecule has 0 unspecified atom stereocenters. The van der Waals surface area contributed by atoms with Gasteiger partial charge in [0.15, 0.2) is 0 Å². The van der Waals surface area contributed by atoms with Gasteiger partial charge in [-0.15, -0.1) is 11.8 Å². The van der Waals surface area contributed by atoms with Gasteiger partial charge in [-0.05, 0) is 44.2 Å². The molecule has 0 aromatic heterocycles. The fourth-order valence-electron chi connectivity index (χ4n) is 1.97. The number of thioether (sulfide) groups is 1. The largest absolute Gasteiger partial charge is 0.462 e. The Kier molecular flexibility index (Phi) is 6.70. The van der Waals surface area contributed by atoms with Crippen LogP contribution in [0.25, 0.3) is 0 Å². The summed E-state index contributed by atoms with van der Waals surface area (Å²) in [6.45, 7) is 3.84. The third-order valence-corrected chi connectivity index (χ3v) is 4.58. The molecule has 0 bridgehead atoms. The molecule has 0 radical (unpaired) electrons. The molecule has 0 aliphatic rings. The quantitative estimate of drug-likeness (QED) is 0.600. The van der Waals surface area contributed by atoms with Crippen LogP contribution in [0.4, 0.5) is 5.69 Å². The van der Waals surface area contributed by atoms with Crippen molar-refractivity contribution in [1.82, 2.24) is 0 Å². The van der Waals surface area contributed by atoms with Crippen LogP contribution in [0.3, 0.4) is 0 Å². The maximum Gasteiger partial charge on any atom is 0.339 e. The van der Waals surface area contributed by atoms with E-state index in [1.807, 2.05) is 37.3 Å². The van der Waals surface area contributed by atoms with Crippen LogP contribution in [-0.2, 0) is 9.53 Å². The number of hydrogen-bond donors (Lipinski definition) is 1. The first-order valence-electron chi connectivity index (χ1n) is 7.50. The zero-order chi connectivity index (χ0) is 17.5. The van der Waals surface area contributed by atoms with Gasteiger partial charge in [0.25, 0.3) is 0 Å². The molecule has 0 aliphatic carbocycles. The Bertz CT molecular complexity index is 721. The Hall–Kier alpha value is -1.98. The number of rotatable bonds is 6. The molecule has 2 rings (SSSR count). The van der Waals surface area contributed by atoms with Crippen molar-refractivity contribution in [1.29, 1.82) is 0 Å². The molecule has 4 nitrogen and oxygen atoms in total. The lowest BCUT2D eigenvalue weighted by atomic mass is 10.2. The van der Waals surface area contributed by atoms with Crippen molar-refractivity contribution in [2.45, 2.75) is 24.0 Å². The Labute approximate surface area is 150 Å². The Balaban J connectivity index is 2.01. The van der Waals surface area contributed by atoms with Crippen LogP contribution in [0, 0.1) is 0 Å². The van der Waals surface area contributed by atoms with Crippen molar-refractivity contribution in [2.24, 2.45) is 0 Å². The summed E-state index contributed by atoms with van der Waals surface area (Å²) in [6.07, 6.45) is 0. The van der Waals surface area contributed by atoms with E-state index in [1.54, 1.807) is 25.1 Å². The number of ether oxygens (including phenoxy) is 1. The maximum atomic E-state index is 12.3.